The van der Waals surface area contributed by atoms with Crippen molar-refractivity contribution in [2.75, 3.05) is 0 Å². The molecule has 16 heavy (non-hydrogen) atoms. The molecule has 4 heteroatoms. The summed E-state index contributed by atoms with van der Waals surface area (Å²) in [5.74, 6) is 0. The fourth-order valence-electron chi connectivity index (χ4n) is 1.41. The van der Waals surface area contributed by atoms with Gasteiger partial charge in [-0.2, -0.15) is 0 Å². The van der Waals surface area contributed by atoms with E-state index in [0.29, 0.717) is 4.90 Å². The number of benzene rings is 1. The molecule has 0 aliphatic heterocycles. The maximum absolute atomic E-state index is 11.9. The standard InChI is InChI=1S/C12H19NO2S/c1-4-12(13)10-5-7-11(8-6-10)16(14,15)9(2)3/h5-9,12H,4,13H2,1-3H3. The summed E-state index contributed by atoms with van der Waals surface area (Å²) in [6, 6.07) is 6.85. The van der Waals surface area contributed by atoms with Gasteiger partial charge in [-0.3, -0.25) is 0 Å². The molecule has 0 fully saturated rings. The van der Waals surface area contributed by atoms with Gasteiger partial charge in [-0.05, 0) is 38.0 Å². The molecule has 2 N–H and O–H groups in total. The predicted octanol–water partition coefficient (Wildman–Crippen LogP) is 2.28. The zero-order valence-corrected chi connectivity index (χ0v) is 10.8. The van der Waals surface area contributed by atoms with Crippen molar-refractivity contribution >= 4 is 9.84 Å². The highest BCUT2D eigenvalue weighted by molar-refractivity contribution is 7.92. The Balaban J connectivity index is 3.05. The van der Waals surface area contributed by atoms with Crippen LogP contribution in [-0.2, 0) is 9.84 Å². The molecule has 1 atom stereocenters. The summed E-state index contributed by atoms with van der Waals surface area (Å²) < 4.78 is 23.7. The molecule has 0 aromatic heterocycles. The molecule has 1 aromatic rings. The maximum Gasteiger partial charge on any atom is 0.180 e. The van der Waals surface area contributed by atoms with Crippen molar-refractivity contribution in [1.29, 1.82) is 0 Å². The van der Waals surface area contributed by atoms with Crippen molar-refractivity contribution in [3.63, 3.8) is 0 Å². The normalized spacial score (nSPS) is 14.1. The maximum atomic E-state index is 11.9. The van der Waals surface area contributed by atoms with Crippen LogP contribution in [0.5, 0.6) is 0 Å². The van der Waals surface area contributed by atoms with E-state index in [1.54, 1.807) is 38.1 Å². The molecule has 0 aliphatic carbocycles. The molecule has 90 valence electrons. The van der Waals surface area contributed by atoms with Crippen LogP contribution >= 0.6 is 0 Å². The summed E-state index contributed by atoms with van der Waals surface area (Å²) in [5.41, 5.74) is 6.84. The fraction of sp³-hybridized carbons (Fsp3) is 0.500. The lowest BCUT2D eigenvalue weighted by molar-refractivity contribution is 0.587. The second-order valence-corrected chi connectivity index (χ2v) is 6.68. The van der Waals surface area contributed by atoms with Gasteiger partial charge in [-0.15, -0.1) is 0 Å². The average molecular weight is 241 g/mol. The minimum Gasteiger partial charge on any atom is -0.324 e. The number of nitrogens with two attached hydrogens (primary N) is 1. The van der Waals surface area contributed by atoms with E-state index >= 15 is 0 Å². The van der Waals surface area contributed by atoms with Gasteiger partial charge < -0.3 is 5.73 Å². The van der Waals surface area contributed by atoms with Crippen LogP contribution in [0.2, 0.25) is 0 Å². The van der Waals surface area contributed by atoms with E-state index < -0.39 is 15.1 Å². The summed E-state index contributed by atoms with van der Waals surface area (Å²) in [5, 5.41) is -0.391. The molecule has 1 rings (SSSR count). The molecule has 0 saturated heterocycles. The molecular weight excluding hydrogens is 222 g/mol. The Kier molecular flexibility index (Phi) is 4.10. The van der Waals surface area contributed by atoms with Gasteiger partial charge in [0.25, 0.3) is 0 Å². The largest absolute Gasteiger partial charge is 0.324 e. The Labute approximate surface area is 97.6 Å². The number of rotatable bonds is 4. The lowest BCUT2D eigenvalue weighted by Crippen LogP contribution is -2.14. The SMILES string of the molecule is CCC(N)c1ccc(S(=O)(=O)C(C)C)cc1. The molecule has 1 unspecified atom stereocenters. The smallest absolute Gasteiger partial charge is 0.180 e. The van der Waals surface area contributed by atoms with Crippen molar-refractivity contribution in [2.45, 2.75) is 43.4 Å². The second kappa shape index (κ2) is 4.97. The van der Waals surface area contributed by atoms with Crippen LogP contribution in [0, 0.1) is 0 Å². The summed E-state index contributed by atoms with van der Waals surface area (Å²) in [4.78, 5) is 0.370. The summed E-state index contributed by atoms with van der Waals surface area (Å²) in [7, 11) is -3.17. The first-order valence-corrected chi connectivity index (χ1v) is 7.03. The van der Waals surface area contributed by atoms with Gasteiger partial charge in [0.1, 0.15) is 0 Å². The summed E-state index contributed by atoms with van der Waals surface area (Å²) in [6.45, 7) is 5.37. The van der Waals surface area contributed by atoms with Gasteiger partial charge in [0.15, 0.2) is 9.84 Å². The van der Waals surface area contributed by atoms with Gasteiger partial charge in [-0.1, -0.05) is 19.1 Å². The summed E-state index contributed by atoms with van der Waals surface area (Å²) in [6.07, 6.45) is 0.844. The highest BCUT2D eigenvalue weighted by Crippen LogP contribution is 2.19. The molecule has 0 amide bonds. The van der Waals surface area contributed by atoms with Crippen molar-refractivity contribution in [2.24, 2.45) is 5.73 Å². The van der Waals surface area contributed by atoms with Crippen molar-refractivity contribution in [3.8, 4) is 0 Å². The van der Waals surface area contributed by atoms with Crippen LogP contribution in [-0.4, -0.2) is 13.7 Å². The zero-order chi connectivity index (χ0) is 12.3. The highest BCUT2D eigenvalue weighted by Gasteiger charge is 2.18. The predicted molar refractivity (Wildman–Crippen MR) is 66.0 cm³/mol. The second-order valence-electron chi connectivity index (χ2n) is 4.18. The first kappa shape index (κ1) is 13.2. The third-order valence-electron chi connectivity index (χ3n) is 2.70. The molecule has 0 bridgehead atoms. The zero-order valence-electron chi connectivity index (χ0n) is 9.97. The molecule has 0 saturated carbocycles. The van der Waals surface area contributed by atoms with Crippen LogP contribution in [0.15, 0.2) is 29.2 Å². The molecule has 0 spiro atoms. The average Bonchev–Trinajstić information content (AvgIpc) is 2.28. The van der Waals surface area contributed by atoms with E-state index in [4.69, 9.17) is 5.73 Å². The highest BCUT2D eigenvalue weighted by atomic mass is 32.2. The van der Waals surface area contributed by atoms with Gasteiger partial charge >= 0.3 is 0 Å². The van der Waals surface area contributed by atoms with Crippen molar-refractivity contribution in [3.05, 3.63) is 29.8 Å². The Morgan fingerprint density at radius 2 is 1.69 bits per heavy atom. The Bertz CT molecular complexity index is 435. The van der Waals surface area contributed by atoms with E-state index in [9.17, 15) is 8.42 Å². The Morgan fingerprint density at radius 1 is 1.19 bits per heavy atom. The fourth-order valence-corrected chi connectivity index (χ4v) is 2.47. The Hall–Kier alpha value is -0.870. The first-order chi connectivity index (χ1) is 7.39. The van der Waals surface area contributed by atoms with E-state index in [0.717, 1.165) is 12.0 Å². The topological polar surface area (TPSA) is 60.2 Å². The number of hydrogen-bond donors (Lipinski definition) is 1. The van der Waals surface area contributed by atoms with Crippen molar-refractivity contribution in [1.82, 2.24) is 0 Å². The minimum atomic E-state index is -3.17. The van der Waals surface area contributed by atoms with Gasteiger partial charge in [0.05, 0.1) is 10.1 Å². The third-order valence-corrected chi connectivity index (χ3v) is 4.87. The van der Waals surface area contributed by atoms with E-state index in [2.05, 4.69) is 0 Å². The molecule has 0 radical (unpaired) electrons. The number of sulfone groups is 1. The molecule has 0 heterocycles. The van der Waals surface area contributed by atoms with Crippen LogP contribution in [0.3, 0.4) is 0 Å². The first-order valence-electron chi connectivity index (χ1n) is 5.49. The third kappa shape index (κ3) is 2.62. The van der Waals surface area contributed by atoms with E-state index in [1.165, 1.54) is 0 Å². The van der Waals surface area contributed by atoms with Crippen LogP contribution < -0.4 is 5.73 Å². The molecular formula is C12H19NO2S. The van der Waals surface area contributed by atoms with Gasteiger partial charge in [0.2, 0.25) is 0 Å². The van der Waals surface area contributed by atoms with Crippen LogP contribution in [0.25, 0.3) is 0 Å². The Morgan fingerprint density at radius 3 is 2.06 bits per heavy atom. The lowest BCUT2D eigenvalue weighted by atomic mass is 10.1. The van der Waals surface area contributed by atoms with Crippen molar-refractivity contribution < 1.29 is 8.42 Å². The molecule has 0 aliphatic rings. The molecule has 1 aromatic carbocycles. The quantitative estimate of drug-likeness (QED) is 0.879. The lowest BCUT2D eigenvalue weighted by Gasteiger charge is -2.11. The van der Waals surface area contributed by atoms with Gasteiger partial charge in [-0.25, -0.2) is 8.42 Å². The van der Waals surface area contributed by atoms with E-state index in [1.807, 2.05) is 6.92 Å². The van der Waals surface area contributed by atoms with Gasteiger partial charge in [0, 0.05) is 6.04 Å². The number of hydrogen-bond acceptors (Lipinski definition) is 3. The molecule has 3 nitrogen and oxygen atoms in total. The van der Waals surface area contributed by atoms with Crippen LogP contribution in [0.1, 0.15) is 38.8 Å². The minimum absolute atomic E-state index is 0.0178. The van der Waals surface area contributed by atoms with E-state index in [-0.39, 0.29) is 6.04 Å². The monoisotopic (exact) mass is 241 g/mol. The van der Waals surface area contributed by atoms with Crippen LogP contribution in [0.4, 0.5) is 0 Å². The summed E-state index contributed by atoms with van der Waals surface area (Å²) >= 11 is 0.